The number of nitrogens with zero attached hydrogens (tertiary/aromatic N) is 2. The van der Waals surface area contributed by atoms with E-state index in [1.807, 2.05) is 0 Å². The minimum atomic E-state index is 0.0616. The fraction of sp³-hybridized carbons (Fsp3) is 0.952. The average molecular weight is 338 g/mol. The summed E-state index contributed by atoms with van der Waals surface area (Å²) >= 11 is 0. The van der Waals surface area contributed by atoms with E-state index in [1.54, 1.807) is 0 Å². The van der Waals surface area contributed by atoms with Crippen LogP contribution in [0.5, 0.6) is 0 Å². The molecule has 3 heteroatoms. The number of rotatable bonds is 14. The molecule has 142 valence electrons. The third kappa shape index (κ3) is 8.00. The van der Waals surface area contributed by atoms with Crippen molar-refractivity contribution in [3.63, 3.8) is 0 Å². The minimum Gasteiger partial charge on any atom is -0.360 e. The predicted octanol–water partition coefficient (Wildman–Crippen LogP) is 5.11. The van der Waals surface area contributed by atoms with Crippen molar-refractivity contribution in [2.75, 3.05) is 26.2 Å². The monoisotopic (exact) mass is 337 g/mol. The van der Waals surface area contributed by atoms with E-state index in [2.05, 4.69) is 51.2 Å². The van der Waals surface area contributed by atoms with Gasteiger partial charge in [-0.1, -0.05) is 66.2 Å². The molecule has 0 aromatic rings. The third-order valence-electron chi connectivity index (χ3n) is 5.59. The van der Waals surface area contributed by atoms with Gasteiger partial charge in [0.05, 0.1) is 11.9 Å². The van der Waals surface area contributed by atoms with Crippen LogP contribution in [0.25, 0.3) is 0 Å². The largest absolute Gasteiger partial charge is 0.360 e. The first-order chi connectivity index (χ1) is 11.6. The van der Waals surface area contributed by atoms with E-state index in [-0.39, 0.29) is 5.54 Å². The van der Waals surface area contributed by atoms with Crippen LogP contribution in [-0.4, -0.2) is 43.0 Å². The van der Waals surface area contributed by atoms with Gasteiger partial charge in [-0.15, -0.1) is 0 Å². The van der Waals surface area contributed by atoms with Gasteiger partial charge in [-0.25, -0.2) is 0 Å². The zero-order valence-corrected chi connectivity index (χ0v) is 17.1. The maximum atomic E-state index is 4.84. The Kier molecular flexibility index (Phi) is 10.6. The lowest BCUT2D eigenvalue weighted by Crippen LogP contribution is -2.43. The Morgan fingerprint density at radius 1 is 1.04 bits per heavy atom. The van der Waals surface area contributed by atoms with Gasteiger partial charge in [-0.05, 0) is 38.1 Å². The van der Waals surface area contributed by atoms with Crippen molar-refractivity contribution < 1.29 is 0 Å². The summed E-state index contributed by atoms with van der Waals surface area (Å²) in [5.41, 5.74) is 0.0616. The molecule has 3 nitrogen and oxygen atoms in total. The standard InChI is InChI=1S/C21H43N3/c1-6-10-12-19(8-3)14-22-16-21(5)17-24(18-23-21)15-20(9-4)13-11-7-2/h18-20,22H,6-17H2,1-5H3. The van der Waals surface area contributed by atoms with Crippen LogP contribution in [0.15, 0.2) is 4.99 Å². The maximum absolute atomic E-state index is 4.84. The molecule has 3 unspecified atom stereocenters. The second-order valence-electron chi connectivity index (χ2n) is 8.13. The van der Waals surface area contributed by atoms with Gasteiger partial charge in [0, 0.05) is 19.6 Å². The Labute approximate surface area is 151 Å². The Bertz CT molecular complexity index is 342. The van der Waals surface area contributed by atoms with Gasteiger partial charge in [-0.2, -0.15) is 0 Å². The number of nitrogens with one attached hydrogen (secondary N) is 1. The third-order valence-corrected chi connectivity index (χ3v) is 5.59. The van der Waals surface area contributed by atoms with Gasteiger partial charge >= 0.3 is 0 Å². The number of hydrogen-bond acceptors (Lipinski definition) is 3. The molecule has 0 bridgehead atoms. The average Bonchev–Trinajstić information content (AvgIpc) is 2.95. The second kappa shape index (κ2) is 11.9. The van der Waals surface area contributed by atoms with Crippen LogP contribution in [0.4, 0.5) is 0 Å². The quantitative estimate of drug-likeness (QED) is 0.477. The van der Waals surface area contributed by atoms with E-state index in [0.717, 1.165) is 31.5 Å². The van der Waals surface area contributed by atoms with Gasteiger partial charge in [-0.3, -0.25) is 4.99 Å². The molecule has 1 N–H and O–H groups in total. The Hall–Kier alpha value is -0.570. The van der Waals surface area contributed by atoms with Crippen LogP contribution in [0.2, 0.25) is 0 Å². The van der Waals surface area contributed by atoms with Gasteiger partial charge in [0.2, 0.25) is 0 Å². The number of hydrogen-bond donors (Lipinski definition) is 1. The van der Waals surface area contributed by atoms with Crippen LogP contribution in [0.3, 0.4) is 0 Å². The Morgan fingerprint density at radius 2 is 1.67 bits per heavy atom. The second-order valence-corrected chi connectivity index (χ2v) is 8.13. The highest BCUT2D eigenvalue weighted by atomic mass is 15.2. The van der Waals surface area contributed by atoms with E-state index in [1.165, 1.54) is 57.9 Å². The summed E-state index contributed by atoms with van der Waals surface area (Å²) in [6.07, 6.45) is 12.8. The van der Waals surface area contributed by atoms with E-state index >= 15 is 0 Å². The molecule has 1 heterocycles. The first-order valence-corrected chi connectivity index (χ1v) is 10.6. The molecule has 0 aromatic heterocycles. The highest BCUT2D eigenvalue weighted by Crippen LogP contribution is 2.21. The lowest BCUT2D eigenvalue weighted by Gasteiger charge is -2.27. The van der Waals surface area contributed by atoms with Gasteiger partial charge in [0.15, 0.2) is 0 Å². The van der Waals surface area contributed by atoms with Crippen LogP contribution in [0, 0.1) is 11.8 Å². The molecule has 3 atom stereocenters. The van der Waals surface area contributed by atoms with Crippen molar-refractivity contribution in [3.8, 4) is 0 Å². The maximum Gasteiger partial charge on any atom is 0.0895 e. The summed E-state index contributed by atoms with van der Waals surface area (Å²) in [4.78, 5) is 7.30. The highest BCUT2D eigenvalue weighted by Gasteiger charge is 2.30. The fourth-order valence-corrected chi connectivity index (χ4v) is 3.69. The molecule has 24 heavy (non-hydrogen) atoms. The van der Waals surface area contributed by atoms with E-state index < -0.39 is 0 Å². The van der Waals surface area contributed by atoms with E-state index in [9.17, 15) is 0 Å². The topological polar surface area (TPSA) is 27.6 Å². The lowest BCUT2D eigenvalue weighted by atomic mass is 9.97. The normalized spacial score (nSPS) is 23.0. The zero-order chi connectivity index (χ0) is 17.8. The molecule has 1 rings (SSSR count). The molecule has 0 aliphatic carbocycles. The molecule has 0 amide bonds. The van der Waals surface area contributed by atoms with Gasteiger partial charge < -0.3 is 10.2 Å². The van der Waals surface area contributed by atoms with E-state index in [0.29, 0.717) is 0 Å². The summed E-state index contributed by atoms with van der Waals surface area (Å²) in [6, 6.07) is 0. The Balaban J connectivity index is 2.31. The van der Waals surface area contributed by atoms with Crippen LogP contribution < -0.4 is 5.32 Å². The first kappa shape index (κ1) is 21.5. The molecule has 0 saturated carbocycles. The number of aliphatic imine (C=N–C) groups is 1. The van der Waals surface area contributed by atoms with Crippen molar-refractivity contribution in [1.29, 1.82) is 0 Å². The number of unbranched alkanes of at least 4 members (excludes halogenated alkanes) is 2. The van der Waals surface area contributed by atoms with Crippen LogP contribution in [-0.2, 0) is 0 Å². The molecule has 0 aromatic carbocycles. The SMILES string of the molecule is CCCCC(CC)CNCC1(C)CN(CC(CC)CCCC)C=N1. The smallest absolute Gasteiger partial charge is 0.0895 e. The lowest BCUT2D eigenvalue weighted by molar-refractivity contribution is 0.286. The van der Waals surface area contributed by atoms with Crippen LogP contribution >= 0.6 is 0 Å². The van der Waals surface area contributed by atoms with Crippen molar-refractivity contribution in [3.05, 3.63) is 0 Å². The summed E-state index contributed by atoms with van der Waals surface area (Å²) in [6.45, 7) is 15.9. The molecular formula is C21H43N3. The molecule has 0 saturated heterocycles. The van der Waals surface area contributed by atoms with Crippen molar-refractivity contribution in [1.82, 2.24) is 10.2 Å². The van der Waals surface area contributed by atoms with E-state index in [4.69, 9.17) is 4.99 Å². The van der Waals surface area contributed by atoms with Gasteiger partial charge in [0.25, 0.3) is 0 Å². The Morgan fingerprint density at radius 3 is 2.25 bits per heavy atom. The highest BCUT2D eigenvalue weighted by molar-refractivity contribution is 5.59. The molecular weight excluding hydrogens is 294 g/mol. The van der Waals surface area contributed by atoms with Crippen molar-refractivity contribution in [2.24, 2.45) is 16.8 Å². The molecule has 0 fully saturated rings. The van der Waals surface area contributed by atoms with Crippen molar-refractivity contribution in [2.45, 2.75) is 91.5 Å². The summed E-state index contributed by atoms with van der Waals surface area (Å²) in [7, 11) is 0. The van der Waals surface area contributed by atoms with Crippen molar-refractivity contribution >= 4 is 6.34 Å². The molecule has 1 aliphatic rings. The molecule has 0 radical (unpaired) electrons. The summed E-state index contributed by atoms with van der Waals surface area (Å²) in [5, 5.41) is 3.71. The molecule has 0 spiro atoms. The predicted molar refractivity (Wildman–Crippen MR) is 108 cm³/mol. The minimum absolute atomic E-state index is 0.0616. The molecule has 1 aliphatic heterocycles. The zero-order valence-electron chi connectivity index (χ0n) is 17.1. The first-order valence-electron chi connectivity index (χ1n) is 10.6. The summed E-state index contributed by atoms with van der Waals surface area (Å²) in [5.74, 6) is 1.65. The summed E-state index contributed by atoms with van der Waals surface area (Å²) < 4.78 is 0. The van der Waals surface area contributed by atoms with Gasteiger partial charge in [0.1, 0.15) is 0 Å². The fourth-order valence-electron chi connectivity index (χ4n) is 3.69. The van der Waals surface area contributed by atoms with Crippen LogP contribution in [0.1, 0.15) is 86.0 Å².